The molecule has 1 N–H and O–H groups in total. The van der Waals surface area contributed by atoms with E-state index >= 15 is 0 Å². The van der Waals surface area contributed by atoms with Gasteiger partial charge in [0.1, 0.15) is 12.4 Å². The normalized spacial score (nSPS) is 11.3. The van der Waals surface area contributed by atoms with Gasteiger partial charge in [0.05, 0.1) is 12.9 Å². The third-order valence-electron chi connectivity index (χ3n) is 3.08. The third-order valence-corrected chi connectivity index (χ3v) is 3.08. The molecule has 4 nitrogen and oxygen atoms in total. The second kappa shape index (κ2) is 9.14. The van der Waals surface area contributed by atoms with Crippen molar-refractivity contribution >= 4 is 0 Å². The quantitative estimate of drug-likeness (QED) is 0.650. The summed E-state index contributed by atoms with van der Waals surface area (Å²) in [7, 11) is 0. The lowest BCUT2D eigenvalue weighted by Crippen LogP contribution is -2.27. The summed E-state index contributed by atoms with van der Waals surface area (Å²) in [6, 6.07) is 2.01. The first-order chi connectivity index (χ1) is 8.81. The van der Waals surface area contributed by atoms with Gasteiger partial charge >= 0.3 is 0 Å². The summed E-state index contributed by atoms with van der Waals surface area (Å²) in [5.74, 6) is 0.940. The standard InChI is InChI=1S/C14H26N2O2/c1-4-15-11-13-7-9-18-14(13)12-17-10-8-16(5-2)6-3/h7,9,15H,4-6,8,10-12H2,1-3H3. The van der Waals surface area contributed by atoms with Crippen LogP contribution < -0.4 is 5.32 Å². The Kier molecular flexibility index (Phi) is 7.73. The van der Waals surface area contributed by atoms with Crippen molar-refractivity contribution in [2.75, 3.05) is 32.8 Å². The van der Waals surface area contributed by atoms with Crippen molar-refractivity contribution in [3.05, 3.63) is 23.7 Å². The molecule has 0 aliphatic carbocycles. The zero-order valence-corrected chi connectivity index (χ0v) is 11.9. The summed E-state index contributed by atoms with van der Waals surface area (Å²) in [6.07, 6.45) is 1.73. The lowest BCUT2D eigenvalue weighted by atomic mass is 10.2. The molecule has 1 aromatic rings. The Hall–Kier alpha value is -0.840. The van der Waals surface area contributed by atoms with Crippen molar-refractivity contribution in [1.29, 1.82) is 0 Å². The molecule has 1 rings (SSSR count). The van der Waals surface area contributed by atoms with E-state index in [1.54, 1.807) is 6.26 Å². The molecule has 4 heteroatoms. The van der Waals surface area contributed by atoms with E-state index in [0.29, 0.717) is 6.61 Å². The molecule has 0 atom stereocenters. The predicted molar refractivity (Wildman–Crippen MR) is 73.5 cm³/mol. The summed E-state index contributed by atoms with van der Waals surface area (Å²) in [5, 5.41) is 3.29. The van der Waals surface area contributed by atoms with E-state index in [1.807, 2.05) is 6.07 Å². The summed E-state index contributed by atoms with van der Waals surface area (Å²) in [5.41, 5.74) is 1.19. The van der Waals surface area contributed by atoms with Crippen LogP contribution in [0.5, 0.6) is 0 Å². The SMILES string of the molecule is CCNCc1ccoc1COCCN(CC)CC. The van der Waals surface area contributed by atoms with Crippen LogP contribution in [0.1, 0.15) is 32.1 Å². The fourth-order valence-corrected chi connectivity index (χ4v) is 1.81. The molecule has 0 saturated heterocycles. The molecule has 0 spiro atoms. The van der Waals surface area contributed by atoms with Crippen molar-refractivity contribution in [2.24, 2.45) is 0 Å². The van der Waals surface area contributed by atoms with E-state index in [-0.39, 0.29) is 0 Å². The molecule has 0 saturated carbocycles. The van der Waals surface area contributed by atoms with E-state index < -0.39 is 0 Å². The fraction of sp³-hybridized carbons (Fsp3) is 0.714. The third kappa shape index (κ3) is 5.21. The maximum absolute atomic E-state index is 5.67. The highest BCUT2D eigenvalue weighted by Crippen LogP contribution is 2.11. The van der Waals surface area contributed by atoms with Crippen molar-refractivity contribution in [3.8, 4) is 0 Å². The Morgan fingerprint density at radius 1 is 1.28 bits per heavy atom. The van der Waals surface area contributed by atoms with Gasteiger partial charge in [-0.1, -0.05) is 20.8 Å². The first-order valence-electron chi connectivity index (χ1n) is 6.87. The second-order valence-corrected chi connectivity index (χ2v) is 4.23. The Balaban J connectivity index is 2.24. The van der Waals surface area contributed by atoms with Crippen LogP contribution >= 0.6 is 0 Å². The van der Waals surface area contributed by atoms with Crippen molar-refractivity contribution in [3.63, 3.8) is 0 Å². The molecule has 1 heterocycles. The second-order valence-electron chi connectivity index (χ2n) is 4.23. The summed E-state index contributed by atoms with van der Waals surface area (Å²) in [4.78, 5) is 2.35. The lowest BCUT2D eigenvalue weighted by molar-refractivity contribution is 0.0837. The Morgan fingerprint density at radius 3 is 2.72 bits per heavy atom. The molecule has 0 aliphatic heterocycles. The first kappa shape index (κ1) is 15.2. The van der Waals surface area contributed by atoms with Gasteiger partial charge < -0.3 is 19.4 Å². The van der Waals surface area contributed by atoms with Crippen LogP contribution in [-0.2, 0) is 17.9 Å². The topological polar surface area (TPSA) is 37.6 Å². The van der Waals surface area contributed by atoms with Crippen LogP contribution in [0.4, 0.5) is 0 Å². The van der Waals surface area contributed by atoms with E-state index in [4.69, 9.17) is 9.15 Å². The summed E-state index contributed by atoms with van der Waals surface area (Å²) >= 11 is 0. The molecule has 0 bridgehead atoms. The number of hydrogen-bond donors (Lipinski definition) is 1. The van der Waals surface area contributed by atoms with Gasteiger partial charge in [-0.25, -0.2) is 0 Å². The number of ether oxygens (including phenoxy) is 1. The fourth-order valence-electron chi connectivity index (χ4n) is 1.81. The van der Waals surface area contributed by atoms with Gasteiger partial charge in [0.2, 0.25) is 0 Å². The van der Waals surface area contributed by atoms with Gasteiger partial charge in [0, 0.05) is 18.7 Å². The highest BCUT2D eigenvalue weighted by Gasteiger charge is 2.06. The molecule has 0 radical (unpaired) electrons. The largest absolute Gasteiger partial charge is 0.467 e. The Morgan fingerprint density at radius 2 is 2.06 bits per heavy atom. The van der Waals surface area contributed by atoms with Gasteiger partial charge in [-0.2, -0.15) is 0 Å². The van der Waals surface area contributed by atoms with Crippen LogP contribution in [0.25, 0.3) is 0 Å². The molecule has 18 heavy (non-hydrogen) atoms. The molecule has 0 unspecified atom stereocenters. The zero-order valence-electron chi connectivity index (χ0n) is 11.9. The Bertz CT molecular complexity index is 308. The minimum Gasteiger partial charge on any atom is -0.467 e. The van der Waals surface area contributed by atoms with Gasteiger partial charge in [-0.15, -0.1) is 0 Å². The molecule has 0 aromatic carbocycles. The minimum atomic E-state index is 0.564. The molecular formula is C14H26N2O2. The van der Waals surface area contributed by atoms with E-state index in [9.17, 15) is 0 Å². The van der Waals surface area contributed by atoms with Crippen molar-refractivity contribution in [1.82, 2.24) is 10.2 Å². The number of rotatable bonds is 10. The number of hydrogen-bond acceptors (Lipinski definition) is 4. The van der Waals surface area contributed by atoms with Gasteiger partial charge in [0.15, 0.2) is 0 Å². The van der Waals surface area contributed by atoms with E-state index in [1.165, 1.54) is 5.56 Å². The molecule has 0 fully saturated rings. The average molecular weight is 254 g/mol. The summed E-state index contributed by atoms with van der Waals surface area (Å²) < 4.78 is 11.1. The van der Waals surface area contributed by atoms with Gasteiger partial charge in [-0.3, -0.25) is 0 Å². The molecule has 1 aromatic heterocycles. The van der Waals surface area contributed by atoms with E-state index in [0.717, 1.165) is 45.1 Å². The van der Waals surface area contributed by atoms with Crippen LogP contribution in [0.3, 0.4) is 0 Å². The summed E-state index contributed by atoms with van der Waals surface area (Å²) in [6.45, 7) is 12.7. The van der Waals surface area contributed by atoms with Gasteiger partial charge in [0.25, 0.3) is 0 Å². The predicted octanol–water partition coefficient (Wildman–Crippen LogP) is 2.25. The minimum absolute atomic E-state index is 0.564. The number of nitrogens with one attached hydrogen (secondary N) is 1. The maximum Gasteiger partial charge on any atom is 0.133 e. The highest BCUT2D eigenvalue weighted by atomic mass is 16.5. The molecular weight excluding hydrogens is 228 g/mol. The van der Waals surface area contributed by atoms with Crippen LogP contribution in [0.2, 0.25) is 0 Å². The molecule has 104 valence electrons. The smallest absolute Gasteiger partial charge is 0.133 e. The zero-order chi connectivity index (χ0) is 13.2. The monoisotopic (exact) mass is 254 g/mol. The average Bonchev–Trinajstić information content (AvgIpc) is 2.84. The van der Waals surface area contributed by atoms with E-state index in [2.05, 4.69) is 31.0 Å². The number of likely N-dealkylation sites (N-methyl/N-ethyl adjacent to an activating group) is 1. The number of nitrogens with zero attached hydrogens (tertiary/aromatic N) is 1. The lowest BCUT2D eigenvalue weighted by Gasteiger charge is -2.17. The molecule has 0 aliphatic rings. The highest BCUT2D eigenvalue weighted by molar-refractivity contribution is 5.15. The van der Waals surface area contributed by atoms with Crippen LogP contribution in [-0.4, -0.2) is 37.7 Å². The maximum atomic E-state index is 5.67. The van der Waals surface area contributed by atoms with Crippen LogP contribution in [0.15, 0.2) is 16.7 Å². The van der Waals surface area contributed by atoms with Gasteiger partial charge in [-0.05, 0) is 25.7 Å². The van der Waals surface area contributed by atoms with Crippen molar-refractivity contribution in [2.45, 2.75) is 33.9 Å². The molecule has 0 amide bonds. The Labute approximate surface area is 110 Å². The first-order valence-corrected chi connectivity index (χ1v) is 6.87. The van der Waals surface area contributed by atoms with Crippen molar-refractivity contribution < 1.29 is 9.15 Å². The number of furan rings is 1. The van der Waals surface area contributed by atoms with Crippen LogP contribution in [0, 0.1) is 0 Å².